The van der Waals surface area contributed by atoms with Crippen molar-refractivity contribution in [3.05, 3.63) is 61.9 Å². The zero-order valence-electron chi connectivity index (χ0n) is 16.8. The first-order valence-electron chi connectivity index (χ1n) is 9.34. The molecule has 0 aliphatic heterocycles. The summed E-state index contributed by atoms with van der Waals surface area (Å²) in [7, 11) is 3.31. The number of hydrogen-bond acceptors (Lipinski definition) is 5. The summed E-state index contributed by atoms with van der Waals surface area (Å²) in [5.74, 6) is 1.57. The number of thiazole rings is 1. The molecule has 3 aromatic rings. The summed E-state index contributed by atoms with van der Waals surface area (Å²) in [6.45, 7) is 4.08. The van der Waals surface area contributed by atoms with Gasteiger partial charge in [-0.3, -0.25) is 0 Å². The van der Waals surface area contributed by atoms with Gasteiger partial charge in [-0.05, 0) is 62.6 Å². The molecular weight excluding hydrogens is 404 g/mol. The van der Waals surface area contributed by atoms with Crippen molar-refractivity contribution >= 4 is 22.9 Å². The van der Waals surface area contributed by atoms with E-state index >= 15 is 0 Å². The van der Waals surface area contributed by atoms with Gasteiger partial charge in [0.15, 0.2) is 0 Å². The minimum absolute atomic E-state index is 0.195. The monoisotopic (exact) mass is 424 g/mol. The molecule has 4 nitrogen and oxygen atoms in total. The Hall–Kier alpha value is -2.55. The van der Waals surface area contributed by atoms with E-state index in [0.717, 1.165) is 56.6 Å². The second-order valence-corrected chi connectivity index (χ2v) is 8.94. The number of methoxy groups -OCH3 is 2. The van der Waals surface area contributed by atoms with Gasteiger partial charge in [0, 0.05) is 16.0 Å². The van der Waals surface area contributed by atoms with Crippen LogP contribution in [0.3, 0.4) is 0 Å². The zero-order valence-corrected chi connectivity index (χ0v) is 18.4. The fraction of sp³-hybridized carbons (Fsp3) is 0.304. The van der Waals surface area contributed by atoms with Crippen LogP contribution < -0.4 is 9.47 Å². The van der Waals surface area contributed by atoms with Gasteiger partial charge in [-0.2, -0.15) is 5.26 Å². The van der Waals surface area contributed by atoms with Gasteiger partial charge < -0.3 is 9.47 Å². The first-order chi connectivity index (χ1) is 13.9. The molecule has 0 saturated heterocycles. The molecule has 0 amide bonds. The van der Waals surface area contributed by atoms with Crippen LogP contribution in [0.1, 0.15) is 39.4 Å². The van der Waals surface area contributed by atoms with Crippen LogP contribution in [0.4, 0.5) is 0 Å². The standard InChI is InChI=1S/C23H21ClN2O2S/c1-13-9-16(18(24)11-20(13)28-4)21-14(2)29-22(26-21)23(7-8-23)17-10-15(12-25)5-6-19(17)27-3/h5-6,9-11H,7-8H2,1-4H3. The van der Waals surface area contributed by atoms with Crippen LogP contribution in [0.2, 0.25) is 5.02 Å². The predicted molar refractivity (Wildman–Crippen MR) is 116 cm³/mol. The molecule has 148 valence electrons. The van der Waals surface area contributed by atoms with Gasteiger partial charge in [0.25, 0.3) is 0 Å². The second kappa shape index (κ2) is 7.37. The largest absolute Gasteiger partial charge is 0.496 e. The van der Waals surface area contributed by atoms with E-state index in [1.54, 1.807) is 31.6 Å². The molecule has 1 aromatic heterocycles. The van der Waals surface area contributed by atoms with Crippen LogP contribution in [0, 0.1) is 25.2 Å². The van der Waals surface area contributed by atoms with Crippen molar-refractivity contribution < 1.29 is 9.47 Å². The molecule has 0 radical (unpaired) electrons. The van der Waals surface area contributed by atoms with Gasteiger partial charge in [0.05, 0.1) is 42.0 Å². The lowest BCUT2D eigenvalue weighted by atomic mass is 9.94. The molecule has 1 fully saturated rings. The normalized spacial score (nSPS) is 14.3. The Morgan fingerprint density at radius 2 is 1.83 bits per heavy atom. The van der Waals surface area contributed by atoms with E-state index in [0.29, 0.717) is 10.6 Å². The summed E-state index contributed by atoms with van der Waals surface area (Å²) in [4.78, 5) is 6.15. The van der Waals surface area contributed by atoms with Gasteiger partial charge in [-0.1, -0.05) is 11.6 Å². The van der Waals surface area contributed by atoms with Crippen molar-refractivity contribution in [3.8, 4) is 28.8 Å². The van der Waals surface area contributed by atoms with Crippen LogP contribution in [0.15, 0.2) is 30.3 Å². The van der Waals surface area contributed by atoms with E-state index in [4.69, 9.17) is 26.1 Å². The van der Waals surface area contributed by atoms with E-state index in [-0.39, 0.29) is 5.41 Å². The highest BCUT2D eigenvalue weighted by Crippen LogP contribution is 2.58. The Bertz CT molecular complexity index is 1140. The van der Waals surface area contributed by atoms with Crippen molar-refractivity contribution in [2.24, 2.45) is 0 Å². The van der Waals surface area contributed by atoms with Crippen molar-refractivity contribution in [1.82, 2.24) is 4.98 Å². The topological polar surface area (TPSA) is 55.1 Å². The average Bonchev–Trinajstić information content (AvgIpc) is 3.45. The second-order valence-electron chi connectivity index (χ2n) is 7.33. The number of benzene rings is 2. The number of nitriles is 1. The Kier molecular flexibility index (Phi) is 5.02. The van der Waals surface area contributed by atoms with Crippen molar-refractivity contribution in [1.29, 1.82) is 5.26 Å². The summed E-state index contributed by atoms with van der Waals surface area (Å²) in [6.07, 6.45) is 1.97. The van der Waals surface area contributed by atoms with Crippen LogP contribution in [-0.4, -0.2) is 19.2 Å². The number of halogens is 1. The van der Waals surface area contributed by atoms with Gasteiger partial charge in [0.2, 0.25) is 0 Å². The highest BCUT2D eigenvalue weighted by molar-refractivity contribution is 7.12. The number of nitrogens with zero attached hydrogens (tertiary/aromatic N) is 2. The lowest BCUT2D eigenvalue weighted by Gasteiger charge is -2.17. The third-order valence-electron chi connectivity index (χ3n) is 5.54. The number of aryl methyl sites for hydroxylation is 2. The minimum Gasteiger partial charge on any atom is -0.496 e. The molecule has 1 aliphatic carbocycles. The molecule has 6 heteroatoms. The first kappa shape index (κ1) is 19.8. The lowest BCUT2D eigenvalue weighted by molar-refractivity contribution is 0.406. The molecule has 0 bridgehead atoms. The SMILES string of the molecule is COc1cc(Cl)c(-c2nc(C3(c4cc(C#N)ccc4OC)CC3)sc2C)cc1C. The highest BCUT2D eigenvalue weighted by atomic mass is 35.5. The molecule has 1 aliphatic rings. The third-order valence-corrected chi connectivity index (χ3v) is 7.03. The summed E-state index contributed by atoms with van der Waals surface area (Å²) in [5, 5.41) is 11.0. The summed E-state index contributed by atoms with van der Waals surface area (Å²) in [5.41, 5.74) is 4.32. The molecule has 4 rings (SSSR count). The molecule has 0 spiro atoms. The zero-order chi connectivity index (χ0) is 20.8. The maximum Gasteiger partial charge on any atom is 0.123 e. The summed E-state index contributed by atoms with van der Waals surface area (Å²) >= 11 is 8.25. The number of aromatic nitrogens is 1. The number of rotatable bonds is 5. The van der Waals surface area contributed by atoms with E-state index in [2.05, 4.69) is 13.0 Å². The Morgan fingerprint density at radius 1 is 1.10 bits per heavy atom. The van der Waals surface area contributed by atoms with Crippen molar-refractivity contribution in [2.45, 2.75) is 32.1 Å². The van der Waals surface area contributed by atoms with E-state index in [1.807, 2.05) is 31.2 Å². The Balaban J connectivity index is 1.82. The van der Waals surface area contributed by atoms with Crippen molar-refractivity contribution in [2.75, 3.05) is 14.2 Å². The van der Waals surface area contributed by atoms with Crippen LogP contribution >= 0.6 is 22.9 Å². The van der Waals surface area contributed by atoms with Gasteiger partial charge in [0.1, 0.15) is 16.5 Å². The Morgan fingerprint density at radius 3 is 2.45 bits per heavy atom. The van der Waals surface area contributed by atoms with Gasteiger partial charge in [-0.15, -0.1) is 11.3 Å². The van der Waals surface area contributed by atoms with Crippen LogP contribution in [0.25, 0.3) is 11.3 Å². The number of hydrogen-bond donors (Lipinski definition) is 0. The highest BCUT2D eigenvalue weighted by Gasteiger charge is 2.50. The molecule has 0 N–H and O–H groups in total. The summed E-state index contributed by atoms with van der Waals surface area (Å²) < 4.78 is 11.0. The quantitative estimate of drug-likeness (QED) is 0.500. The van der Waals surface area contributed by atoms with Gasteiger partial charge in [-0.25, -0.2) is 4.98 Å². The van der Waals surface area contributed by atoms with Crippen LogP contribution in [-0.2, 0) is 5.41 Å². The molecule has 1 saturated carbocycles. The molecule has 1 heterocycles. The van der Waals surface area contributed by atoms with E-state index in [1.165, 1.54) is 0 Å². The van der Waals surface area contributed by atoms with Crippen LogP contribution in [0.5, 0.6) is 11.5 Å². The first-order valence-corrected chi connectivity index (χ1v) is 10.5. The maximum absolute atomic E-state index is 9.35. The van der Waals surface area contributed by atoms with E-state index in [9.17, 15) is 5.26 Å². The van der Waals surface area contributed by atoms with Crippen molar-refractivity contribution in [3.63, 3.8) is 0 Å². The number of ether oxygens (including phenoxy) is 2. The summed E-state index contributed by atoms with van der Waals surface area (Å²) in [6, 6.07) is 11.7. The fourth-order valence-corrected chi connectivity index (χ4v) is 5.22. The molecule has 0 atom stereocenters. The average molecular weight is 425 g/mol. The predicted octanol–water partition coefficient (Wildman–Crippen LogP) is 6.05. The fourth-order valence-electron chi connectivity index (χ4n) is 3.79. The minimum atomic E-state index is -0.195. The third kappa shape index (κ3) is 3.27. The Labute approximate surface area is 179 Å². The molecule has 29 heavy (non-hydrogen) atoms. The van der Waals surface area contributed by atoms with E-state index < -0.39 is 0 Å². The van der Waals surface area contributed by atoms with Gasteiger partial charge >= 0.3 is 0 Å². The molecule has 0 unspecified atom stereocenters. The molecule has 2 aromatic carbocycles. The smallest absolute Gasteiger partial charge is 0.123 e. The molecular formula is C23H21ClN2O2S. The lowest BCUT2D eigenvalue weighted by Crippen LogP contribution is -2.10. The maximum atomic E-state index is 9.35.